The number of rotatable bonds is 5. The fraction of sp³-hybridized carbons (Fsp3) is 0.632. The third kappa shape index (κ3) is 5.37. The van der Waals surface area contributed by atoms with E-state index in [1.54, 1.807) is 0 Å². The quantitative estimate of drug-likeness (QED) is 0.706. The number of hydrogen-bond acceptors (Lipinski definition) is 4. The van der Waals surface area contributed by atoms with Crippen molar-refractivity contribution in [3.05, 3.63) is 24.3 Å². The van der Waals surface area contributed by atoms with Crippen LogP contribution in [0.25, 0.3) is 0 Å². The van der Waals surface area contributed by atoms with Crippen molar-refractivity contribution in [1.82, 2.24) is 0 Å². The molecule has 1 aromatic rings. The van der Waals surface area contributed by atoms with Gasteiger partial charge >= 0.3 is 12.4 Å². The van der Waals surface area contributed by atoms with E-state index in [2.05, 4.69) is 4.74 Å². The van der Waals surface area contributed by atoms with Crippen molar-refractivity contribution in [2.75, 3.05) is 24.7 Å². The molecular weight excluding hydrogens is 420 g/mol. The molecule has 0 unspecified atom stereocenters. The van der Waals surface area contributed by atoms with E-state index < -0.39 is 43.2 Å². The summed E-state index contributed by atoms with van der Waals surface area (Å²) in [5.41, 5.74) is -0.476. The summed E-state index contributed by atoms with van der Waals surface area (Å²) in [6.45, 7) is -2.62. The minimum absolute atomic E-state index is 0.00108. The summed E-state index contributed by atoms with van der Waals surface area (Å²) in [5, 5.41) is 10.0. The second kappa shape index (κ2) is 8.26. The monoisotopic (exact) mass is 441 g/mol. The highest BCUT2D eigenvalue weighted by Crippen LogP contribution is 2.47. The van der Waals surface area contributed by atoms with E-state index in [0.29, 0.717) is 25.1 Å². The van der Waals surface area contributed by atoms with Crippen molar-refractivity contribution in [2.45, 2.75) is 50.2 Å². The first kappa shape index (κ1) is 22.7. The van der Waals surface area contributed by atoms with Gasteiger partial charge in [-0.3, -0.25) is 4.79 Å². The molecule has 3 rings (SSSR count). The summed E-state index contributed by atoms with van der Waals surface area (Å²) >= 11 is 0. The number of anilines is 1. The number of aliphatic hydroxyl groups excluding tert-OH is 1. The lowest BCUT2D eigenvalue weighted by atomic mass is 9.70. The Bertz CT molecular complexity index is 751. The molecule has 30 heavy (non-hydrogen) atoms. The van der Waals surface area contributed by atoms with Crippen LogP contribution >= 0.6 is 0 Å². The molecule has 2 fully saturated rings. The van der Waals surface area contributed by atoms with E-state index >= 15 is 0 Å². The van der Waals surface area contributed by atoms with Gasteiger partial charge in [0.25, 0.3) is 0 Å². The normalized spacial score (nSPS) is 27.7. The number of benzene rings is 1. The van der Waals surface area contributed by atoms with Crippen LogP contribution in [0, 0.1) is 5.41 Å². The molecule has 1 saturated carbocycles. The molecule has 0 radical (unpaired) electrons. The number of hydrogen-bond donors (Lipinski definition) is 1. The molecule has 1 aliphatic heterocycles. The zero-order valence-corrected chi connectivity index (χ0v) is 15.8. The first-order valence-electron chi connectivity index (χ1n) is 9.37. The molecule has 1 N–H and O–H groups in total. The number of amides is 1. The van der Waals surface area contributed by atoms with Crippen LogP contribution in [-0.2, 0) is 9.53 Å². The number of alkyl halides is 6. The Labute approximate surface area is 168 Å². The van der Waals surface area contributed by atoms with Crippen LogP contribution in [0.2, 0.25) is 0 Å². The van der Waals surface area contributed by atoms with E-state index in [4.69, 9.17) is 4.74 Å². The largest absolute Gasteiger partial charge is 0.484 e. The maximum absolute atomic E-state index is 13.1. The molecular formula is C19H21F6NO4. The molecule has 5 nitrogen and oxygen atoms in total. The minimum Gasteiger partial charge on any atom is -0.484 e. The Morgan fingerprint density at radius 3 is 2.27 bits per heavy atom. The van der Waals surface area contributed by atoms with Gasteiger partial charge in [0.05, 0.1) is 17.6 Å². The maximum atomic E-state index is 13.1. The Hall–Kier alpha value is -2.01. The molecule has 2 aliphatic rings. The number of carbonyl (C=O) groups excluding carboxylic acids is 1. The first-order chi connectivity index (χ1) is 13.9. The lowest BCUT2D eigenvalue weighted by molar-refractivity contribution is -0.204. The van der Waals surface area contributed by atoms with Crippen molar-refractivity contribution in [2.24, 2.45) is 5.41 Å². The Balaban J connectivity index is 1.66. The van der Waals surface area contributed by atoms with Crippen LogP contribution in [0.15, 0.2) is 24.3 Å². The minimum atomic E-state index is -4.54. The summed E-state index contributed by atoms with van der Waals surface area (Å²) in [5.74, 6) is -0.294. The van der Waals surface area contributed by atoms with Gasteiger partial charge in [-0.15, -0.1) is 0 Å². The second-order valence-corrected chi connectivity index (χ2v) is 7.66. The van der Waals surface area contributed by atoms with E-state index in [-0.39, 0.29) is 24.5 Å². The summed E-state index contributed by atoms with van der Waals surface area (Å²) in [4.78, 5) is 14.5. The molecule has 1 spiro atoms. The topological polar surface area (TPSA) is 59.0 Å². The van der Waals surface area contributed by atoms with Crippen molar-refractivity contribution in [3.8, 4) is 5.75 Å². The molecule has 1 aromatic carbocycles. The van der Waals surface area contributed by atoms with Gasteiger partial charge < -0.3 is 19.5 Å². The summed E-state index contributed by atoms with van der Waals surface area (Å²) in [6, 6.07) is 5.55. The van der Waals surface area contributed by atoms with E-state index in [9.17, 15) is 36.2 Å². The standard InChI is InChI=1S/C19H21F6NO4/c20-18(21,22)10-29-13-3-1-12(2-4-13)26-8-7-17(16(26)28)6-5-14(27)15(9-17)30-11-19(23,24)25/h1-4,14-15,27H,5-11H2/t14-,15-,17+/m0/s1. The summed E-state index contributed by atoms with van der Waals surface area (Å²) in [6.07, 6.45) is -10.3. The van der Waals surface area contributed by atoms with Crippen LogP contribution in [0.1, 0.15) is 25.7 Å². The number of aliphatic hydroxyl groups is 1. The highest BCUT2D eigenvalue weighted by Gasteiger charge is 2.52. The molecule has 3 atom stereocenters. The van der Waals surface area contributed by atoms with Gasteiger partial charge in [0.2, 0.25) is 5.91 Å². The van der Waals surface area contributed by atoms with Crippen molar-refractivity contribution >= 4 is 11.6 Å². The molecule has 1 amide bonds. The Morgan fingerprint density at radius 1 is 1.03 bits per heavy atom. The molecule has 1 aliphatic carbocycles. The van der Waals surface area contributed by atoms with Gasteiger partial charge in [-0.25, -0.2) is 0 Å². The van der Waals surface area contributed by atoms with Crippen molar-refractivity contribution < 1.29 is 45.7 Å². The second-order valence-electron chi connectivity index (χ2n) is 7.66. The fourth-order valence-electron chi connectivity index (χ4n) is 3.98. The van der Waals surface area contributed by atoms with Crippen LogP contribution in [0.4, 0.5) is 32.0 Å². The van der Waals surface area contributed by atoms with Crippen LogP contribution < -0.4 is 9.64 Å². The van der Waals surface area contributed by atoms with Crippen LogP contribution in [-0.4, -0.2) is 55.3 Å². The van der Waals surface area contributed by atoms with Gasteiger partial charge in [0.15, 0.2) is 6.61 Å². The molecule has 11 heteroatoms. The van der Waals surface area contributed by atoms with Crippen LogP contribution in [0.3, 0.4) is 0 Å². The van der Waals surface area contributed by atoms with Gasteiger partial charge in [0, 0.05) is 12.2 Å². The maximum Gasteiger partial charge on any atom is 0.422 e. The molecule has 0 aromatic heterocycles. The first-order valence-corrected chi connectivity index (χ1v) is 9.37. The third-order valence-electron chi connectivity index (χ3n) is 5.46. The lowest BCUT2D eigenvalue weighted by Crippen LogP contribution is -2.46. The zero-order valence-electron chi connectivity index (χ0n) is 15.8. The smallest absolute Gasteiger partial charge is 0.422 e. The van der Waals surface area contributed by atoms with Gasteiger partial charge in [-0.1, -0.05) is 0 Å². The van der Waals surface area contributed by atoms with E-state index in [1.165, 1.54) is 29.2 Å². The highest BCUT2D eigenvalue weighted by atomic mass is 19.4. The molecule has 1 saturated heterocycles. The number of halogens is 6. The van der Waals surface area contributed by atoms with E-state index in [0.717, 1.165) is 0 Å². The number of nitrogens with zero attached hydrogens (tertiary/aromatic N) is 1. The Kier molecular flexibility index (Phi) is 6.24. The lowest BCUT2D eigenvalue weighted by Gasteiger charge is -2.39. The zero-order chi connectivity index (χ0) is 22.2. The number of carbonyl (C=O) groups is 1. The van der Waals surface area contributed by atoms with Gasteiger partial charge in [-0.2, -0.15) is 26.3 Å². The van der Waals surface area contributed by atoms with Crippen molar-refractivity contribution in [3.63, 3.8) is 0 Å². The third-order valence-corrected chi connectivity index (χ3v) is 5.46. The van der Waals surface area contributed by atoms with Gasteiger partial charge in [-0.05, 0) is 49.9 Å². The summed E-state index contributed by atoms with van der Waals surface area (Å²) < 4.78 is 83.6. The van der Waals surface area contributed by atoms with Gasteiger partial charge in [0.1, 0.15) is 12.4 Å². The predicted molar refractivity (Wildman–Crippen MR) is 93.0 cm³/mol. The average molecular weight is 441 g/mol. The molecule has 0 bridgehead atoms. The Morgan fingerprint density at radius 2 is 1.67 bits per heavy atom. The summed E-state index contributed by atoms with van der Waals surface area (Å²) in [7, 11) is 0. The highest BCUT2D eigenvalue weighted by molar-refractivity contribution is 6.00. The fourth-order valence-corrected chi connectivity index (χ4v) is 3.98. The average Bonchev–Trinajstić information content (AvgIpc) is 2.96. The van der Waals surface area contributed by atoms with Crippen molar-refractivity contribution in [1.29, 1.82) is 0 Å². The SMILES string of the molecule is O=C1N(c2ccc(OCC(F)(F)F)cc2)CC[C@@]12CC[C@H](O)[C@@H](OCC(F)(F)F)C2. The molecule has 1 heterocycles. The molecule has 168 valence electrons. The van der Waals surface area contributed by atoms with E-state index in [1.807, 2.05) is 0 Å². The van der Waals surface area contributed by atoms with Crippen LogP contribution in [0.5, 0.6) is 5.75 Å². The number of ether oxygens (including phenoxy) is 2. The predicted octanol–water partition coefficient (Wildman–Crippen LogP) is 3.84.